The Bertz CT molecular complexity index is 833. The lowest BCUT2D eigenvalue weighted by molar-refractivity contribution is -0.161. The normalized spacial score (nSPS) is 20.6. The summed E-state index contributed by atoms with van der Waals surface area (Å²) in [6.45, 7) is 10.2. The minimum Gasteiger partial charge on any atom is -0.350 e. The molecule has 2 aliphatic rings. The molecule has 0 radical (unpaired) electrons. The van der Waals surface area contributed by atoms with Crippen LogP contribution in [-0.4, -0.2) is 59.2 Å². The number of benzene rings is 1. The quantitative estimate of drug-likeness (QED) is 0.456. The fraction of sp³-hybridized carbons (Fsp3) is 0.690. The number of amides is 3. The molecule has 0 spiro atoms. The number of nitrogens with one attached hydrogen (secondary N) is 1. The van der Waals surface area contributed by atoms with Crippen molar-refractivity contribution in [1.29, 1.82) is 0 Å². The Morgan fingerprint density at radius 1 is 0.943 bits per heavy atom. The van der Waals surface area contributed by atoms with Crippen LogP contribution in [0.15, 0.2) is 30.3 Å². The van der Waals surface area contributed by atoms with Gasteiger partial charge in [-0.15, -0.1) is 0 Å². The predicted molar refractivity (Wildman–Crippen MR) is 140 cm³/mol. The van der Waals surface area contributed by atoms with Crippen LogP contribution < -0.4 is 5.32 Å². The lowest BCUT2D eigenvalue weighted by Crippen LogP contribution is -2.63. The van der Waals surface area contributed by atoms with Crippen molar-refractivity contribution in [3.63, 3.8) is 0 Å². The van der Waals surface area contributed by atoms with Gasteiger partial charge in [0.05, 0.1) is 6.04 Å². The molecule has 1 aromatic carbocycles. The van der Waals surface area contributed by atoms with Crippen LogP contribution in [0.25, 0.3) is 0 Å². The van der Waals surface area contributed by atoms with Crippen molar-refractivity contribution in [2.75, 3.05) is 19.6 Å². The fourth-order valence-electron chi connectivity index (χ4n) is 5.59. The molecule has 1 N–H and O–H groups in total. The van der Waals surface area contributed by atoms with Crippen LogP contribution in [0.4, 0.5) is 0 Å². The molecule has 1 saturated carbocycles. The van der Waals surface area contributed by atoms with E-state index < -0.39 is 5.91 Å². The summed E-state index contributed by atoms with van der Waals surface area (Å²) >= 11 is 0. The predicted octanol–water partition coefficient (Wildman–Crippen LogP) is 4.89. The SMILES string of the molecule is CC(C)CCN1C(=O)C(=O)N([C@@H](CNC(=O)c2ccccc2)CC2CCCCC2)C[C@@H]1CC(C)C. The van der Waals surface area contributed by atoms with Crippen LogP contribution in [0.5, 0.6) is 0 Å². The summed E-state index contributed by atoms with van der Waals surface area (Å²) in [7, 11) is 0. The minimum absolute atomic E-state index is 0.0256. The van der Waals surface area contributed by atoms with Crippen molar-refractivity contribution in [2.45, 2.75) is 91.1 Å². The molecule has 6 nitrogen and oxygen atoms in total. The van der Waals surface area contributed by atoms with Gasteiger partial charge in [0.1, 0.15) is 0 Å². The molecule has 6 heteroatoms. The van der Waals surface area contributed by atoms with E-state index in [1.54, 1.807) is 17.0 Å². The Morgan fingerprint density at radius 3 is 2.26 bits per heavy atom. The molecule has 1 aromatic rings. The van der Waals surface area contributed by atoms with Gasteiger partial charge in [-0.2, -0.15) is 0 Å². The molecule has 0 unspecified atom stereocenters. The van der Waals surface area contributed by atoms with Crippen LogP contribution in [-0.2, 0) is 9.59 Å². The second-order valence-electron chi connectivity index (χ2n) is 11.4. The standard InChI is InChI=1S/C29H45N3O3/c1-21(2)15-16-31-26(17-22(3)4)20-32(29(35)28(31)34)25(18-23-11-7-5-8-12-23)19-30-27(33)24-13-9-6-10-14-24/h6,9-10,13-14,21-23,25-26H,5,7-8,11-12,15-20H2,1-4H3,(H,30,33)/t25-,26+/m1/s1. The number of nitrogens with zero attached hydrogens (tertiary/aromatic N) is 2. The lowest BCUT2D eigenvalue weighted by atomic mass is 9.84. The molecular formula is C29H45N3O3. The van der Waals surface area contributed by atoms with E-state index in [4.69, 9.17) is 0 Å². The number of hydrogen-bond donors (Lipinski definition) is 1. The largest absolute Gasteiger partial charge is 0.350 e. The van der Waals surface area contributed by atoms with Crippen molar-refractivity contribution >= 4 is 17.7 Å². The zero-order valence-corrected chi connectivity index (χ0v) is 22.2. The third-order valence-corrected chi connectivity index (χ3v) is 7.55. The average Bonchev–Trinajstić information content (AvgIpc) is 2.84. The van der Waals surface area contributed by atoms with Gasteiger partial charge in [-0.25, -0.2) is 0 Å². The van der Waals surface area contributed by atoms with Crippen LogP contribution in [0.1, 0.15) is 89.4 Å². The number of carbonyl (C=O) groups is 3. The molecule has 1 heterocycles. The average molecular weight is 484 g/mol. The maximum atomic E-state index is 13.4. The van der Waals surface area contributed by atoms with Gasteiger partial charge in [0.15, 0.2) is 0 Å². The Kier molecular flexibility index (Phi) is 10.2. The van der Waals surface area contributed by atoms with E-state index >= 15 is 0 Å². The monoisotopic (exact) mass is 483 g/mol. The Hall–Kier alpha value is -2.37. The number of hydrogen-bond acceptors (Lipinski definition) is 3. The number of rotatable bonds is 11. The van der Waals surface area contributed by atoms with Crippen molar-refractivity contribution in [3.05, 3.63) is 35.9 Å². The van der Waals surface area contributed by atoms with Crippen LogP contribution >= 0.6 is 0 Å². The molecule has 2 fully saturated rings. The van der Waals surface area contributed by atoms with Gasteiger partial charge in [0, 0.05) is 31.2 Å². The third kappa shape index (κ3) is 7.81. The number of piperazine rings is 1. The smallest absolute Gasteiger partial charge is 0.312 e. The zero-order valence-electron chi connectivity index (χ0n) is 22.2. The molecule has 1 aliphatic heterocycles. The summed E-state index contributed by atoms with van der Waals surface area (Å²) in [5.74, 6) is 0.538. The number of carbonyl (C=O) groups excluding carboxylic acids is 3. The van der Waals surface area contributed by atoms with Crippen molar-refractivity contribution in [1.82, 2.24) is 15.1 Å². The summed E-state index contributed by atoms with van der Waals surface area (Å²) in [4.78, 5) is 43.2. The van der Waals surface area contributed by atoms with E-state index in [9.17, 15) is 14.4 Å². The van der Waals surface area contributed by atoms with Gasteiger partial charge in [0.25, 0.3) is 5.91 Å². The second-order valence-corrected chi connectivity index (χ2v) is 11.4. The zero-order chi connectivity index (χ0) is 25.4. The Labute approximate surface area is 211 Å². The maximum absolute atomic E-state index is 13.4. The van der Waals surface area contributed by atoms with Crippen molar-refractivity contribution < 1.29 is 14.4 Å². The summed E-state index contributed by atoms with van der Waals surface area (Å²) in [6.07, 6.45) is 8.65. The Morgan fingerprint density at radius 2 is 1.63 bits per heavy atom. The minimum atomic E-state index is -0.400. The van der Waals surface area contributed by atoms with Crippen LogP contribution in [0.2, 0.25) is 0 Å². The topological polar surface area (TPSA) is 69.7 Å². The van der Waals surface area contributed by atoms with E-state index in [1.165, 1.54) is 19.3 Å². The van der Waals surface area contributed by atoms with Crippen LogP contribution in [0.3, 0.4) is 0 Å². The third-order valence-electron chi connectivity index (χ3n) is 7.55. The molecule has 0 aromatic heterocycles. The van der Waals surface area contributed by atoms with Crippen LogP contribution in [0, 0.1) is 17.8 Å². The molecule has 3 rings (SSSR count). The van der Waals surface area contributed by atoms with E-state index in [1.807, 2.05) is 23.1 Å². The summed E-state index contributed by atoms with van der Waals surface area (Å²) in [5, 5.41) is 3.07. The highest BCUT2D eigenvalue weighted by Crippen LogP contribution is 2.30. The van der Waals surface area contributed by atoms with Gasteiger partial charge in [0.2, 0.25) is 0 Å². The maximum Gasteiger partial charge on any atom is 0.312 e. The first-order valence-electron chi connectivity index (χ1n) is 13.7. The first-order valence-corrected chi connectivity index (χ1v) is 13.7. The summed E-state index contributed by atoms with van der Waals surface area (Å²) < 4.78 is 0. The lowest BCUT2D eigenvalue weighted by Gasteiger charge is -2.45. The van der Waals surface area contributed by atoms with E-state index in [0.29, 0.717) is 43.0 Å². The van der Waals surface area contributed by atoms with Gasteiger partial charge >= 0.3 is 11.8 Å². The molecule has 194 valence electrons. The van der Waals surface area contributed by atoms with Gasteiger partial charge in [-0.1, -0.05) is 78.0 Å². The van der Waals surface area contributed by atoms with Crippen molar-refractivity contribution in [2.24, 2.45) is 17.8 Å². The molecule has 35 heavy (non-hydrogen) atoms. The van der Waals surface area contributed by atoms with E-state index in [2.05, 4.69) is 33.0 Å². The highest BCUT2D eigenvalue weighted by molar-refractivity contribution is 6.35. The molecule has 3 amide bonds. The van der Waals surface area contributed by atoms with E-state index in [-0.39, 0.29) is 23.9 Å². The molecule has 1 saturated heterocycles. The first-order chi connectivity index (χ1) is 16.8. The highest BCUT2D eigenvalue weighted by Gasteiger charge is 2.42. The first kappa shape index (κ1) is 27.2. The highest BCUT2D eigenvalue weighted by atomic mass is 16.2. The van der Waals surface area contributed by atoms with Gasteiger partial charge in [-0.3, -0.25) is 14.4 Å². The van der Waals surface area contributed by atoms with E-state index in [0.717, 1.165) is 32.1 Å². The van der Waals surface area contributed by atoms with Gasteiger partial charge < -0.3 is 15.1 Å². The summed E-state index contributed by atoms with van der Waals surface area (Å²) in [5.41, 5.74) is 0.613. The Balaban J connectivity index is 1.78. The van der Waals surface area contributed by atoms with Gasteiger partial charge in [-0.05, 0) is 49.1 Å². The molecule has 1 aliphatic carbocycles. The van der Waals surface area contributed by atoms with Crippen molar-refractivity contribution in [3.8, 4) is 0 Å². The molecular weight excluding hydrogens is 438 g/mol. The summed E-state index contributed by atoms with van der Waals surface area (Å²) in [6, 6.07) is 9.05. The second kappa shape index (κ2) is 13.1. The molecule has 2 atom stereocenters. The fourth-order valence-corrected chi connectivity index (χ4v) is 5.59. The molecule has 0 bridgehead atoms.